The Morgan fingerprint density at radius 2 is 2.16 bits per heavy atom. The number of nitrogens with zero attached hydrogens (tertiary/aromatic N) is 1. The van der Waals surface area contributed by atoms with E-state index in [0.29, 0.717) is 22.3 Å². The smallest absolute Gasteiger partial charge is 0.260 e. The summed E-state index contributed by atoms with van der Waals surface area (Å²) >= 11 is 11.9. The first-order valence-corrected chi connectivity index (χ1v) is 6.99. The summed E-state index contributed by atoms with van der Waals surface area (Å²) in [6.45, 7) is 3.23. The van der Waals surface area contributed by atoms with Gasteiger partial charge < -0.3 is 15.0 Å². The Morgan fingerprint density at radius 1 is 1.32 bits per heavy atom. The topological polar surface area (TPSA) is 41.6 Å². The molecule has 19 heavy (non-hydrogen) atoms. The predicted octanol–water partition coefficient (Wildman–Crippen LogP) is 2.19. The molecular formula is C13H16Cl2N2O2. The van der Waals surface area contributed by atoms with Crippen LogP contribution in [-0.2, 0) is 4.79 Å². The molecule has 0 atom stereocenters. The third-order valence-corrected chi connectivity index (χ3v) is 3.76. The molecule has 1 amide bonds. The highest BCUT2D eigenvalue weighted by Crippen LogP contribution is 2.31. The Balaban J connectivity index is 1.90. The van der Waals surface area contributed by atoms with E-state index in [1.807, 2.05) is 0 Å². The zero-order chi connectivity index (χ0) is 13.7. The van der Waals surface area contributed by atoms with Gasteiger partial charge in [-0.15, -0.1) is 0 Å². The van der Waals surface area contributed by atoms with Crippen molar-refractivity contribution < 1.29 is 9.53 Å². The predicted molar refractivity (Wildman–Crippen MR) is 76.0 cm³/mol. The fourth-order valence-electron chi connectivity index (χ4n) is 1.92. The molecule has 0 bridgehead atoms. The molecule has 1 aromatic rings. The molecule has 1 aliphatic rings. The first kappa shape index (κ1) is 14.4. The second kappa shape index (κ2) is 6.98. The van der Waals surface area contributed by atoms with Crippen molar-refractivity contribution in [1.29, 1.82) is 0 Å². The minimum atomic E-state index is -0.0280. The normalized spacial score (nSPS) is 16.0. The molecule has 104 valence electrons. The third-order valence-electron chi connectivity index (χ3n) is 2.96. The maximum Gasteiger partial charge on any atom is 0.260 e. The average molecular weight is 303 g/mol. The second-order valence-corrected chi connectivity index (χ2v) is 5.11. The van der Waals surface area contributed by atoms with Crippen LogP contribution >= 0.6 is 23.2 Å². The van der Waals surface area contributed by atoms with Crippen LogP contribution in [-0.4, -0.2) is 43.6 Å². The number of hydrogen-bond acceptors (Lipinski definition) is 3. The molecule has 1 aliphatic heterocycles. The largest absolute Gasteiger partial charge is 0.482 e. The van der Waals surface area contributed by atoms with Crippen molar-refractivity contribution in [1.82, 2.24) is 10.2 Å². The van der Waals surface area contributed by atoms with Crippen LogP contribution in [0.25, 0.3) is 0 Å². The summed E-state index contributed by atoms with van der Waals surface area (Å²) in [5.74, 6) is 0.412. The first-order valence-electron chi connectivity index (χ1n) is 6.24. The number of rotatable bonds is 3. The van der Waals surface area contributed by atoms with Crippen LogP contribution in [0.15, 0.2) is 18.2 Å². The lowest BCUT2D eigenvalue weighted by molar-refractivity contribution is -0.133. The highest BCUT2D eigenvalue weighted by atomic mass is 35.5. The number of benzene rings is 1. The van der Waals surface area contributed by atoms with Gasteiger partial charge in [-0.05, 0) is 25.1 Å². The Morgan fingerprint density at radius 3 is 3.00 bits per heavy atom. The molecule has 1 saturated heterocycles. The van der Waals surface area contributed by atoms with Gasteiger partial charge in [0.15, 0.2) is 6.61 Å². The van der Waals surface area contributed by atoms with Gasteiger partial charge in [-0.25, -0.2) is 0 Å². The maximum atomic E-state index is 12.0. The zero-order valence-electron chi connectivity index (χ0n) is 10.5. The molecule has 0 spiro atoms. The van der Waals surface area contributed by atoms with Gasteiger partial charge in [0.2, 0.25) is 0 Å². The van der Waals surface area contributed by atoms with E-state index in [1.165, 1.54) is 0 Å². The van der Waals surface area contributed by atoms with E-state index >= 15 is 0 Å². The molecule has 0 aromatic heterocycles. The van der Waals surface area contributed by atoms with Gasteiger partial charge in [0.1, 0.15) is 10.8 Å². The Kier molecular flexibility index (Phi) is 5.31. The van der Waals surface area contributed by atoms with Gasteiger partial charge >= 0.3 is 0 Å². The lowest BCUT2D eigenvalue weighted by Gasteiger charge is -2.20. The molecular weight excluding hydrogens is 287 g/mol. The average Bonchev–Trinajstić information content (AvgIpc) is 2.69. The summed E-state index contributed by atoms with van der Waals surface area (Å²) in [5.41, 5.74) is 0. The van der Waals surface area contributed by atoms with Crippen molar-refractivity contribution in [2.24, 2.45) is 0 Å². The summed E-state index contributed by atoms with van der Waals surface area (Å²) in [7, 11) is 0. The summed E-state index contributed by atoms with van der Waals surface area (Å²) < 4.78 is 5.45. The molecule has 0 unspecified atom stereocenters. The molecule has 1 N–H and O–H groups in total. The first-order chi connectivity index (χ1) is 9.18. The summed E-state index contributed by atoms with van der Waals surface area (Å²) in [6, 6.07) is 5.12. The second-order valence-electron chi connectivity index (χ2n) is 4.32. The van der Waals surface area contributed by atoms with E-state index in [9.17, 15) is 4.79 Å². The molecule has 0 aliphatic carbocycles. The standard InChI is InChI=1S/C13H16Cl2N2O2/c14-10-3-1-4-11(13(10)15)19-9-12(18)17-7-2-5-16-6-8-17/h1,3-4,16H,2,5-9H2. The zero-order valence-corrected chi connectivity index (χ0v) is 12.0. The van der Waals surface area contributed by atoms with Crippen LogP contribution in [0.4, 0.5) is 0 Å². The van der Waals surface area contributed by atoms with Crippen molar-refractivity contribution in [3.63, 3.8) is 0 Å². The number of amides is 1. The number of nitrogens with one attached hydrogen (secondary N) is 1. The minimum Gasteiger partial charge on any atom is -0.482 e. The molecule has 2 rings (SSSR count). The van der Waals surface area contributed by atoms with Gasteiger partial charge in [0.25, 0.3) is 5.91 Å². The van der Waals surface area contributed by atoms with E-state index in [0.717, 1.165) is 26.1 Å². The quantitative estimate of drug-likeness (QED) is 0.931. The van der Waals surface area contributed by atoms with Crippen molar-refractivity contribution >= 4 is 29.1 Å². The van der Waals surface area contributed by atoms with Gasteiger partial charge in [0, 0.05) is 19.6 Å². The molecule has 0 radical (unpaired) electrons. The summed E-state index contributed by atoms with van der Waals surface area (Å²) in [6.07, 6.45) is 0.962. The van der Waals surface area contributed by atoms with E-state index < -0.39 is 0 Å². The molecule has 6 heteroatoms. The summed E-state index contributed by atoms with van der Waals surface area (Å²) in [4.78, 5) is 13.8. The van der Waals surface area contributed by atoms with Crippen molar-refractivity contribution in [3.8, 4) is 5.75 Å². The van der Waals surface area contributed by atoms with Crippen molar-refractivity contribution in [3.05, 3.63) is 28.2 Å². The van der Waals surface area contributed by atoms with E-state index in [2.05, 4.69) is 5.32 Å². The van der Waals surface area contributed by atoms with Crippen LogP contribution in [0.3, 0.4) is 0 Å². The Labute approximate surface area is 122 Å². The Hall–Kier alpha value is -0.970. The van der Waals surface area contributed by atoms with Crippen LogP contribution < -0.4 is 10.1 Å². The monoisotopic (exact) mass is 302 g/mol. The molecule has 4 nitrogen and oxygen atoms in total. The highest BCUT2D eigenvalue weighted by Gasteiger charge is 2.16. The molecule has 1 heterocycles. The summed E-state index contributed by atoms with van der Waals surface area (Å²) in [5, 5.41) is 4.01. The number of hydrogen-bond donors (Lipinski definition) is 1. The van der Waals surface area contributed by atoms with Gasteiger partial charge in [-0.2, -0.15) is 0 Å². The van der Waals surface area contributed by atoms with E-state index in [4.69, 9.17) is 27.9 Å². The van der Waals surface area contributed by atoms with Crippen LogP contribution in [0, 0.1) is 0 Å². The van der Waals surface area contributed by atoms with Crippen molar-refractivity contribution in [2.75, 3.05) is 32.8 Å². The number of carbonyl (C=O) groups excluding carboxylic acids is 1. The van der Waals surface area contributed by atoms with Crippen LogP contribution in [0.2, 0.25) is 10.0 Å². The van der Waals surface area contributed by atoms with Crippen LogP contribution in [0.5, 0.6) is 5.75 Å². The highest BCUT2D eigenvalue weighted by molar-refractivity contribution is 6.42. The molecule has 1 fully saturated rings. The fraction of sp³-hybridized carbons (Fsp3) is 0.462. The number of ether oxygens (including phenoxy) is 1. The van der Waals surface area contributed by atoms with Crippen molar-refractivity contribution in [2.45, 2.75) is 6.42 Å². The number of carbonyl (C=O) groups is 1. The van der Waals surface area contributed by atoms with Gasteiger partial charge in [-0.3, -0.25) is 4.79 Å². The molecule has 0 saturated carbocycles. The molecule has 1 aromatic carbocycles. The third kappa shape index (κ3) is 4.00. The lowest BCUT2D eigenvalue weighted by atomic mass is 10.3. The SMILES string of the molecule is O=C(COc1cccc(Cl)c1Cl)N1CCCNCC1. The Bertz CT molecular complexity index is 446. The maximum absolute atomic E-state index is 12.0. The van der Waals surface area contributed by atoms with E-state index in [1.54, 1.807) is 23.1 Å². The van der Waals surface area contributed by atoms with E-state index in [-0.39, 0.29) is 12.5 Å². The van der Waals surface area contributed by atoms with Gasteiger partial charge in [-0.1, -0.05) is 29.3 Å². The number of halogens is 2. The fourth-order valence-corrected chi connectivity index (χ4v) is 2.27. The lowest BCUT2D eigenvalue weighted by Crippen LogP contribution is -2.37. The van der Waals surface area contributed by atoms with Gasteiger partial charge in [0.05, 0.1) is 5.02 Å². The van der Waals surface area contributed by atoms with Crippen LogP contribution in [0.1, 0.15) is 6.42 Å². The minimum absolute atomic E-state index is 0.0138.